The zero-order chi connectivity index (χ0) is 15.1. The highest BCUT2D eigenvalue weighted by Gasteiger charge is 2.09. The fourth-order valence-corrected chi connectivity index (χ4v) is 1.43. The number of rotatable bonds is 6. The maximum Gasteiger partial charge on any atom is 0.269 e. The molecule has 2 amide bonds. The molecule has 0 saturated heterocycles. The SMILES string of the molecule is CN(C)NC(=O)CCNC(=O)c1ccc([N+](=O)[O-])cc1. The van der Waals surface area contributed by atoms with E-state index in [1.807, 2.05) is 0 Å². The molecular weight excluding hydrogens is 264 g/mol. The van der Waals surface area contributed by atoms with Gasteiger partial charge in [0.2, 0.25) is 5.91 Å². The van der Waals surface area contributed by atoms with E-state index in [1.54, 1.807) is 14.1 Å². The fraction of sp³-hybridized carbons (Fsp3) is 0.333. The Balaban J connectivity index is 2.43. The Bertz CT molecular complexity index is 499. The summed E-state index contributed by atoms with van der Waals surface area (Å²) in [7, 11) is 3.38. The first-order valence-corrected chi connectivity index (χ1v) is 5.89. The summed E-state index contributed by atoms with van der Waals surface area (Å²) in [5, 5.41) is 14.6. The van der Waals surface area contributed by atoms with E-state index in [-0.39, 0.29) is 30.5 Å². The standard InChI is InChI=1S/C12H16N4O4/c1-15(2)14-11(17)7-8-13-12(18)9-3-5-10(6-4-9)16(19)20/h3-6H,7-8H2,1-2H3,(H,13,18)(H,14,17). The first-order valence-electron chi connectivity index (χ1n) is 5.89. The molecule has 0 radical (unpaired) electrons. The van der Waals surface area contributed by atoms with Crippen molar-refractivity contribution >= 4 is 17.5 Å². The third-order valence-electron chi connectivity index (χ3n) is 2.33. The Labute approximate surface area is 115 Å². The third-order valence-corrected chi connectivity index (χ3v) is 2.33. The van der Waals surface area contributed by atoms with E-state index < -0.39 is 4.92 Å². The highest BCUT2D eigenvalue weighted by molar-refractivity contribution is 5.94. The van der Waals surface area contributed by atoms with Gasteiger partial charge in [-0.2, -0.15) is 0 Å². The summed E-state index contributed by atoms with van der Waals surface area (Å²) in [6.07, 6.45) is 0.150. The van der Waals surface area contributed by atoms with Crippen LogP contribution in [-0.2, 0) is 4.79 Å². The van der Waals surface area contributed by atoms with Gasteiger partial charge in [0.15, 0.2) is 0 Å². The molecule has 0 aliphatic heterocycles. The van der Waals surface area contributed by atoms with Crippen LogP contribution in [0.2, 0.25) is 0 Å². The van der Waals surface area contributed by atoms with Gasteiger partial charge in [-0.25, -0.2) is 5.01 Å². The lowest BCUT2D eigenvalue weighted by atomic mass is 10.2. The van der Waals surface area contributed by atoms with Crippen molar-refractivity contribution in [3.05, 3.63) is 39.9 Å². The van der Waals surface area contributed by atoms with Crippen LogP contribution in [0.1, 0.15) is 16.8 Å². The van der Waals surface area contributed by atoms with Crippen LogP contribution in [0.3, 0.4) is 0 Å². The van der Waals surface area contributed by atoms with Gasteiger partial charge in [0.25, 0.3) is 11.6 Å². The molecule has 0 atom stereocenters. The molecule has 0 spiro atoms. The number of nitrogens with zero attached hydrogens (tertiary/aromatic N) is 2. The number of hydrogen-bond donors (Lipinski definition) is 2. The Morgan fingerprint density at radius 3 is 2.35 bits per heavy atom. The van der Waals surface area contributed by atoms with Crippen LogP contribution in [0.15, 0.2) is 24.3 Å². The number of amides is 2. The van der Waals surface area contributed by atoms with E-state index in [2.05, 4.69) is 10.7 Å². The van der Waals surface area contributed by atoms with Gasteiger partial charge in [0, 0.05) is 44.8 Å². The minimum absolute atomic E-state index is 0.0769. The van der Waals surface area contributed by atoms with Crippen molar-refractivity contribution in [2.45, 2.75) is 6.42 Å². The number of carbonyl (C=O) groups excluding carboxylic acids is 2. The summed E-state index contributed by atoms with van der Waals surface area (Å²) >= 11 is 0. The fourth-order valence-electron chi connectivity index (χ4n) is 1.43. The maximum absolute atomic E-state index is 11.7. The van der Waals surface area contributed by atoms with Crippen LogP contribution in [-0.4, -0.2) is 42.4 Å². The lowest BCUT2D eigenvalue weighted by molar-refractivity contribution is -0.384. The predicted octanol–water partition coefficient (Wildman–Crippen LogP) is 0.308. The topological polar surface area (TPSA) is 105 Å². The molecule has 0 heterocycles. The van der Waals surface area contributed by atoms with Crippen molar-refractivity contribution in [3.8, 4) is 0 Å². The average molecular weight is 280 g/mol. The number of nitro groups is 1. The average Bonchev–Trinajstić information content (AvgIpc) is 2.37. The Morgan fingerprint density at radius 1 is 1.25 bits per heavy atom. The smallest absolute Gasteiger partial charge is 0.269 e. The first kappa shape index (κ1) is 15.6. The lowest BCUT2D eigenvalue weighted by Gasteiger charge is -2.11. The maximum atomic E-state index is 11.7. The minimum atomic E-state index is -0.534. The van der Waals surface area contributed by atoms with Gasteiger partial charge >= 0.3 is 0 Å². The molecule has 8 nitrogen and oxygen atoms in total. The van der Waals surface area contributed by atoms with Gasteiger partial charge in [-0.05, 0) is 12.1 Å². The molecular formula is C12H16N4O4. The third kappa shape index (κ3) is 5.02. The van der Waals surface area contributed by atoms with E-state index in [0.717, 1.165) is 0 Å². The second-order valence-corrected chi connectivity index (χ2v) is 4.24. The molecule has 0 saturated carbocycles. The van der Waals surface area contributed by atoms with Gasteiger partial charge < -0.3 is 5.32 Å². The van der Waals surface area contributed by atoms with Crippen LogP contribution in [0.25, 0.3) is 0 Å². The summed E-state index contributed by atoms with van der Waals surface area (Å²) in [5.41, 5.74) is 2.78. The van der Waals surface area contributed by atoms with E-state index in [4.69, 9.17) is 0 Å². The second-order valence-electron chi connectivity index (χ2n) is 4.24. The molecule has 2 N–H and O–H groups in total. The highest BCUT2D eigenvalue weighted by atomic mass is 16.6. The molecule has 108 valence electrons. The Hall–Kier alpha value is -2.48. The summed E-state index contributed by atoms with van der Waals surface area (Å²) in [6, 6.07) is 5.25. The molecule has 0 unspecified atom stereocenters. The second kappa shape index (κ2) is 7.19. The number of nitro benzene ring substituents is 1. The lowest BCUT2D eigenvalue weighted by Crippen LogP contribution is -2.38. The van der Waals surface area contributed by atoms with Gasteiger partial charge in [-0.3, -0.25) is 25.1 Å². The van der Waals surface area contributed by atoms with Crippen LogP contribution in [0, 0.1) is 10.1 Å². The monoisotopic (exact) mass is 280 g/mol. The normalized spacial score (nSPS) is 10.2. The summed E-state index contributed by atoms with van der Waals surface area (Å²) in [5.74, 6) is -0.587. The molecule has 1 rings (SSSR count). The van der Waals surface area contributed by atoms with Crippen LogP contribution >= 0.6 is 0 Å². The van der Waals surface area contributed by atoms with Crippen molar-refractivity contribution in [2.75, 3.05) is 20.6 Å². The molecule has 0 aliphatic carbocycles. The van der Waals surface area contributed by atoms with Crippen LogP contribution in [0.4, 0.5) is 5.69 Å². The summed E-state index contributed by atoms with van der Waals surface area (Å²) in [6.45, 7) is 0.190. The molecule has 1 aromatic carbocycles. The van der Waals surface area contributed by atoms with Gasteiger partial charge in [-0.1, -0.05) is 0 Å². The molecule has 8 heteroatoms. The van der Waals surface area contributed by atoms with Crippen molar-refractivity contribution < 1.29 is 14.5 Å². The zero-order valence-electron chi connectivity index (χ0n) is 11.3. The van der Waals surface area contributed by atoms with Crippen molar-refractivity contribution in [1.29, 1.82) is 0 Å². The van der Waals surface area contributed by atoms with E-state index in [0.29, 0.717) is 5.56 Å². The molecule has 0 fully saturated rings. The van der Waals surface area contributed by atoms with Gasteiger partial charge in [-0.15, -0.1) is 0 Å². The number of carbonyl (C=O) groups is 2. The number of non-ortho nitro benzene ring substituents is 1. The van der Waals surface area contributed by atoms with Gasteiger partial charge in [0.05, 0.1) is 4.92 Å². The largest absolute Gasteiger partial charge is 0.352 e. The quantitative estimate of drug-likeness (QED) is 0.576. The molecule has 0 aromatic heterocycles. The van der Waals surface area contributed by atoms with Crippen molar-refractivity contribution in [2.24, 2.45) is 0 Å². The van der Waals surface area contributed by atoms with Crippen molar-refractivity contribution in [3.63, 3.8) is 0 Å². The Kier molecular flexibility index (Phi) is 5.60. The van der Waals surface area contributed by atoms with Crippen LogP contribution in [0.5, 0.6) is 0 Å². The number of nitrogens with one attached hydrogen (secondary N) is 2. The molecule has 0 aliphatic rings. The summed E-state index contributed by atoms with van der Waals surface area (Å²) in [4.78, 5) is 33.0. The van der Waals surface area contributed by atoms with E-state index in [9.17, 15) is 19.7 Å². The zero-order valence-corrected chi connectivity index (χ0v) is 11.3. The van der Waals surface area contributed by atoms with E-state index >= 15 is 0 Å². The summed E-state index contributed by atoms with van der Waals surface area (Å²) < 4.78 is 0. The number of hydrazine groups is 1. The molecule has 20 heavy (non-hydrogen) atoms. The predicted molar refractivity (Wildman–Crippen MR) is 71.9 cm³/mol. The van der Waals surface area contributed by atoms with Crippen molar-refractivity contribution in [1.82, 2.24) is 15.8 Å². The van der Waals surface area contributed by atoms with Crippen LogP contribution < -0.4 is 10.7 Å². The minimum Gasteiger partial charge on any atom is -0.352 e. The van der Waals surface area contributed by atoms with Gasteiger partial charge in [0.1, 0.15) is 0 Å². The number of benzene rings is 1. The number of hydrogen-bond acceptors (Lipinski definition) is 5. The van der Waals surface area contributed by atoms with E-state index in [1.165, 1.54) is 29.3 Å². The Morgan fingerprint density at radius 2 is 1.85 bits per heavy atom. The highest BCUT2D eigenvalue weighted by Crippen LogP contribution is 2.11. The first-order chi connectivity index (χ1) is 9.40. The molecule has 0 bridgehead atoms. The molecule has 1 aromatic rings.